The summed E-state index contributed by atoms with van der Waals surface area (Å²) in [5, 5.41) is 3.16. The van der Waals surface area contributed by atoms with E-state index in [0.29, 0.717) is 6.61 Å². The van der Waals surface area contributed by atoms with Crippen LogP contribution in [0.15, 0.2) is 42.5 Å². The van der Waals surface area contributed by atoms with E-state index in [1.54, 1.807) is 0 Å². The average molecular weight is 209 g/mol. The maximum absolute atomic E-state index is 5.63. The van der Waals surface area contributed by atoms with E-state index in [2.05, 4.69) is 5.09 Å². The second-order valence-electron chi connectivity index (χ2n) is 2.79. The standard InChI is InChI=1S/C10H12NO2P/c1-2-6-10(7-3-1)13-14-11-8-4-5-9-12-14/h1-7,11H,8-9H2. The number of hydrogen-bond donors (Lipinski definition) is 1. The molecule has 1 N–H and O–H groups in total. The SMILES string of the molecule is C1=CCOP(Oc2ccccc2)NC1. The molecule has 0 amide bonds. The Hall–Kier alpha value is -0.890. The molecule has 1 atom stereocenters. The second-order valence-corrected chi connectivity index (χ2v) is 4.06. The van der Waals surface area contributed by atoms with Crippen LogP contribution in [0.1, 0.15) is 0 Å². The van der Waals surface area contributed by atoms with Crippen molar-refractivity contribution in [3.8, 4) is 5.75 Å². The van der Waals surface area contributed by atoms with E-state index in [-0.39, 0.29) is 0 Å². The fourth-order valence-corrected chi connectivity index (χ4v) is 2.07. The molecule has 0 saturated heterocycles. The van der Waals surface area contributed by atoms with Gasteiger partial charge in [-0.25, -0.2) is 5.09 Å². The van der Waals surface area contributed by atoms with Gasteiger partial charge < -0.3 is 9.05 Å². The first-order valence-electron chi connectivity index (χ1n) is 4.50. The summed E-state index contributed by atoms with van der Waals surface area (Å²) >= 11 is 0. The third-order valence-corrected chi connectivity index (χ3v) is 2.93. The molecule has 1 aliphatic rings. The summed E-state index contributed by atoms with van der Waals surface area (Å²) in [6.07, 6.45) is 4.03. The second kappa shape index (κ2) is 5.11. The van der Waals surface area contributed by atoms with Crippen LogP contribution in [0.4, 0.5) is 0 Å². The number of benzene rings is 1. The van der Waals surface area contributed by atoms with Crippen molar-refractivity contribution >= 4 is 8.53 Å². The summed E-state index contributed by atoms with van der Waals surface area (Å²) < 4.78 is 11.1. The highest BCUT2D eigenvalue weighted by Gasteiger charge is 2.12. The smallest absolute Gasteiger partial charge is 0.318 e. The fourth-order valence-electron chi connectivity index (χ4n) is 1.07. The van der Waals surface area contributed by atoms with Crippen molar-refractivity contribution in [3.05, 3.63) is 42.5 Å². The molecule has 0 aliphatic carbocycles. The Morgan fingerprint density at radius 1 is 1.21 bits per heavy atom. The molecule has 14 heavy (non-hydrogen) atoms. The largest absolute Gasteiger partial charge is 0.436 e. The lowest BCUT2D eigenvalue weighted by Crippen LogP contribution is -2.10. The molecule has 1 heterocycles. The van der Waals surface area contributed by atoms with Crippen LogP contribution in [0.25, 0.3) is 0 Å². The topological polar surface area (TPSA) is 30.5 Å². The first kappa shape index (κ1) is 9.66. The molecule has 3 nitrogen and oxygen atoms in total. The lowest BCUT2D eigenvalue weighted by Gasteiger charge is -2.15. The summed E-state index contributed by atoms with van der Waals surface area (Å²) in [6, 6.07) is 9.70. The van der Waals surface area contributed by atoms with E-state index in [1.807, 2.05) is 42.5 Å². The Kier molecular flexibility index (Phi) is 3.52. The van der Waals surface area contributed by atoms with Crippen molar-refractivity contribution in [3.63, 3.8) is 0 Å². The van der Waals surface area contributed by atoms with Crippen LogP contribution in [0.2, 0.25) is 0 Å². The normalized spacial score (nSPS) is 21.6. The van der Waals surface area contributed by atoms with Crippen LogP contribution in [0, 0.1) is 0 Å². The van der Waals surface area contributed by atoms with Gasteiger partial charge in [-0.05, 0) is 12.1 Å². The number of para-hydroxylation sites is 1. The van der Waals surface area contributed by atoms with Gasteiger partial charge in [-0.3, -0.25) is 0 Å². The van der Waals surface area contributed by atoms with Gasteiger partial charge in [0.2, 0.25) is 0 Å². The molecular formula is C10H12NO2P. The fraction of sp³-hybridized carbons (Fsp3) is 0.200. The maximum Gasteiger partial charge on any atom is 0.318 e. The number of nitrogens with one attached hydrogen (secondary N) is 1. The van der Waals surface area contributed by atoms with Gasteiger partial charge in [0.1, 0.15) is 5.75 Å². The van der Waals surface area contributed by atoms with E-state index >= 15 is 0 Å². The van der Waals surface area contributed by atoms with E-state index in [9.17, 15) is 0 Å². The highest BCUT2D eigenvalue weighted by molar-refractivity contribution is 7.45. The zero-order chi connectivity index (χ0) is 9.64. The Bertz CT molecular complexity index is 292. The van der Waals surface area contributed by atoms with Crippen LogP contribution < -0.4 is 9.61 Å². The predicted octanol–water partition coefficient (Wildman–Crippen LogP) is 2.47. The van der Waals surface area contributed by atoms with Crippen molar-refractivity contribution in [1.29, 1.82) is 0 Å². The van der Waals surface area contributed by atoms with Crippen molar-refractivity contribution in [2.45, 2.75) is 0 Å². The minimum absolute atomic E-state index is 0.617. The Balaban J connectivity index is 1.91. The lowest BCUT2D eigenvalue weighted by atomic mass is 10.3. The monoisotopic (exact) mass is 209 g/mol. The molecular weight excluding hydrogens is 197 g/mol. The van der Waals surface area contributed by atoms with Gasteiger partial charge in [0.25, 0.3) is 0 Å². The maximum atomic E-state index is 5.63. The lowest BCUT2D eigenvalue weighted by molar-refractivity contribution is 0.349. The first-order chi connectivity index (χ1) is 6.95. The van der Waals surface area contributed by atoms with Gasteiger partial charge in [0.05, 0.1) is 6.61 Å². The minimum Gasteiger partial charge on any atom is -0.436 e. The van der Waals surface area contributed by atoms with E-state index < -0.39 is 8.53 Å². The van der Waals surface area contributed by atoms with Crippen molar-refractivity contribution in [2.24, 2.45) is 0 Å². The third kappa shape index (κ3) is 2.81. The van der Waals surface area contributed by atoms with Crippen LogP contribution in [0.3, 0.4) is 0 Å². The Morgan fingerprint density at radius 3 is 2.93 bits per heavy atom. The molecule has 74 valence electrons. The zero-order valence-electron chi connectivity index (χ0n) is 7.72. The molecule has 1 aromatic carbocycles. The number of rotatable bonds is 2. The minimum atomic E-state index is -0.987. The quantitative estimate of drug-likeness (QED) is 0.599. The van der Waals surface area contributed by atoms with Gasteiger partial charge >= 0.3 is 8.53 Å². The van der Waals surface area contributed by atoms with Crippen LogP contribution in [-0.2, 0) is 4.52 Å². The van der Waals surface area contributed by atoms with Gasteiger partial charge in [-0.2, -0.15) is 0 Å². The van der Waals surface area contributed by atoms with Gasteiger partial charge in [-0.15, -0.1) is 0 Å². The summed E-state index contributed by atoms with van der Waals surface area (Å²) in [4.78, 5) is 0. The van der Waals surface area contributed by atoms with E-state index in [0.717, 1.165) is 12.3 Å². The molecule has 0 spiro atoms. The van der Waals surface area contributed by atoms with Gasteiger partial charge in [-0.1, -0.05) is 30.4 Å². The van der Waals surface area contributed by atoms with Crippen molar-refractivity contribution in [2.75, 3.05) is 13.2 Å². The summed E-state index contributed by atoms with van der Waals surface area (Å²) in [5.41, 5.74) is 0. The zero-order valence-corrected chi connectivity index (χ0v) is 8.61. The predicted molar refractivity (Wildman–Crippen MR) is 57.1 cm³/mol. The molecule has 0 fully saturated rings. The van der Waals surface area contributed by atoms with Gasteiger partial charge in [0.15, 0.2) is 0 Å². The third-order valence-electron chi connectivity index (χ3n) is 1.72. The summed E-state index contributed by atoms with van der Waals surface area (Å²) in [6.45, 7) is 1.42. The average Bonchev–Trinajstić information content (AvgIpc) is 2.48. The molecule has 2 rings (SSSR count). The van der Waals surface area contributed by atoms with E-state index in [4.69, 9.17) is 9.05 Å². The van der Waals surface area contributed by atoms with Crippen LogP contribution >= 0.6 is 8.53 Å². The molecule has 0 aromatic heterocycles. The Labute approximate surface area is 84.7 Å². The van der Waals surface area contributed by atoms with E-state index in [1.165, 1.54) is 0 Å². The summed E-state index contributed by atoms with van der Waals surface area (Å²) in [7, 11) is -0.987. The first-order valence-corrected chi connectivity index (χ1v) is 5.67. The highest BCUT2D eigenvalue weighted by atomic mass is 31.2. The van der Waals surface area contributed by atoms with Crippen LogP contribution in [-0.4, -0.2) is 13.2 Å². The molecule has 4 heteroatoms. The number of hydrogen-bond acceptors (Lipinski definition) is 3. The van der Waals surface area contributed by atoms with Gasteiger partial charge in [0, 0.05) is 6.54 Å². The molecule has 1 aromatic rings. The van der Waals surface area contributed by atoms with Crippen molar-refractivity contribution in [1.82, 2.24) is 5.09 Å². The molecule has 1 unspecified atom stereocenters. The molecule has 0 bridgehead atoms. The summed E-state index contributed by atoms with van der Waals surface area (Å²) in [5.74, 6) is 0.841. The molecule has 0 saturated carbocycles. The highest BCUT2D eigenvalue weighted by Crippen LogP contribution is 2.35. The Morgan fingerprint density at radius 2 is 2.07 bits per heavy atom. The molecule has 1 aliphatic heterocycles. The van der Waals surface area contributed by atoms with Crippen LogP contribution in [0.5, 0.6) is 5.75 Å². The van der Waals surface area contributed by atoms with Crippen molar-refractivity contribution < 1.29 is 9.05 Å². The molecule has 0 radical (unpaired) electrons.